The molecule has 0 fully saturated rings. The Hall–Kier alpha value is -4.97. The topological polar surface area (TPSA) is 78.9 Å². The monoisotopic (exact) mass is 1090 g/mol. The fourth-order valence-corrected chi connectivity index (χ4v) is 8.27. The molecule has 0 spiro atoms. The third kappa shape index (κ3) is 63.7. The van der Waals surface area contributed by atoms with Crippen molar-refractivity contribution in [1.82, 2.24) is 0 Å². The van der Waals surface area contributed by atoms with Crippen LogP contribution in [0.25, 0.3) is 0 Å². The Kier molecular flexibility index (Phi) is 61.4. The summed E-state index contributed by atoms with van der Waals surface area (Å²) in [6.07, 6.45) is 95.2. The first kappa shape index (κ1) is 74.0. The summed E-state index contributed by atoms with van der Waals surface area (Å²) in [7, 11) is 0. The Morgan fingerprint density at radius 3 is 0.772 bits per heavy atom. The van der Waals surface area contributed by atoms with Crippen molar-refractivity contribution in [2.45, 2.75) is 271 Å². The molecule has 0 aromatic rings. The van der Waals surface area contributed by atoms with Crippen LogP contribution in [0.15, 0.2) is 158 Å². The summed E-state index contributed by atoms with van der Waals surface area (Å²) in [5, 5.41) is 0. The molecule has 6 nitrogen and oxygen atoms in total. The SMILES string of the molecule is CC/C=C\C/C=C\C/C=C\C/C=C\C/C=C\C/C=C\CCCCCCC(=O)OCC(COC(=O)CCCCCCC/C=C\C/C=C\CCCCC)OC(=O)CCCCCCCCC/C=C\C/C=C\C/C=C\C/C=C\C/C=C\CC. The Balaban J connectivity index is 4.50. The molecule has 444 valence electrons. The molecule has 0 aliphatic heterocycles. The van der Waals surface area contributed by atoms with Crippen LogP contribution in [-0.4, -0.2) is 37.2 Å². The molecule has 6 heteroatoms. The van der Waals surface area contributed by atoms with E-state index in [-0.39, 0.29) is 31.1 Å². The summed E-state index contributed by atoms with van der Waals surface area (Å²) in [6.45, 7) is 6.34. The van der Waals surface area contributed by atoms with E-state index in [4.69, 9.17) is 14.2 Å². The first-order valence-corrected chi connectivity index (χ1v) is 32.0. The largest absolute Gasteiger partial charge is 0.462 e. The predicted molar refractivity (Wildman–Crippen MR) is 343 cm³/mol. The number of carbonyl (C=O) groups excluding carboxylic acids is 3. The summed E-state index contributed by atoms with van der Waals surface area (Å²) >= 11 is 0. The highest BCUT2D eigenvalue weighted by Crippen LogP contribution is 2.14. The summed E-state index contributed by atoms with van der Waals surface area (Å²) in [6, 6.07) is 0. The zero-order chi connectivity index (χ0) is 57.1. The van der Waals surface area contributed by atoms with E-state index in [2.05, 4.69) is 179 Å². The van der Waals surface area contributed by atoms with Crippen LogP contribution >= 0.6 is 0 Å². The lowest BCUT2D eigenvalue weighted by molar-refractivity contribution is -0.167. The third-order valence-electron chi connectivity index (χ3n) is 13.0. The van der Waals surface area contributed by atoms with E-state index in [1.165, 1.54) is 44.9 Å². The average molecular weight is 1090 g/mol. The molecule has 0 aromatic carbocycles. The molecule has 1 unspecified atom stereocenters. The number of unbranched alkanes of at least 4 members (excludes halogenated alkanes) is 19. The maximum absolute atomic E-state index is 12.9. The highest BCUT2D eigenvalue weighted by molar-refractivity contribution is 5.71. The summed E-state index contributed by atoms with van der Waals surface area (Å²) in [4.78, 5) is 38.4. The van der Waals surface area contributed by atoms with Gasteiger partial charge in [-0.1, -0.05) is 256 Å². The number of esters is 3. The molecular formula is C73H116O6. The van der Waals surface area contributed by atoms with Gasteiger partial charge in [-0.15, -0.1) is 0 Å². The molecule has 0 aromatic heterocycles. The van der Waals surface area contributed by atoms with E-state index < -0.39 is 6.10 Å². The van der Waals surface area contributed by atoms with Crippen LogP contribution < -0.4 is 0 Å². The van der Waals surface area contributed by atoms with Crippen molar-refractivity contribution in [2.75, 3.05) is 13.2 Å². The van der Waals surface area contributed by atoms with Crippen LogP contribution in [0, 0.1) is 0 Å². The molecule has 0 saturated heterocycles. The van der Waals surface area contributed by atoms with E-state index in [0.717, 1.165) is 180 Å². The maximum Gasteiger partial charge on any atom is 0.306 e. The molecule has 0 aliphatic carbocycles. The molecule has 0 radical (unpaired) electrons. The second kappa shape index (κ2) is 65.5. The zero-order valence-corrected chi connectivity index (χ0v) is 50.8. The van der Waals surface area contributed by atoms with Gasteiger partial charge in [0.1, 0.15) is 13.2 Å². The van der Waals surface area contributed by atoms with Crippen molar-refractivity contribution in [3.05, 3.63) is 158 Å². The van der Waals surface area contributed by atoms with Crippen molar-refractivity contribution < 1.29 is 28.6 Å². The first-order chi connectivity index (χ1) is 39.0. The molecule has 0 aliphatic rings. The minimum absolute atomic E-state index is 0.105. The number of hydrogen-bond acceptors (Lipinski definition) is 6. The Bertz CT molecular complexity index is 1780. The molecular weight excluding hydrogens is 973 g/mol. The molecule has 1 atom stereocenters. The van der Waals surface area contributed by atoms with Gasteiger partial charge in [-0.25, -0.2) is 0 Å². The number of hydrogen-bond donors (Lipinski definition) is 0. The van der Waals surface area contributed by atoms with Crippen LogP contribution in [0.1, 0.15) is 265 Å². The van der Waals surface area contributed by atoms with Gasteiger partial charge in [0.25, 0.3) is 0 Å². The zero-order valence-electron chi connectivity index (χ0n) is 50.8. The van der Waals surface area contributed by atoms with Crippen molar-refractivity contribution in [1.29, 1.82) is 0 Å². The third-order valence-corrected chi connectivity index (χ3v) is 13.0. The highest BCUT2D eigenvalue weighted by Gasteiger charge is 2.19. The van der Waals surface area contributed by atoms with Gasteiger partial charge in [0.15, 0.2) is 6.10 Å². The van der Waals surface area contributed by atoms with Gasteiger partial charge in [0.2, 0.25) is 0 Å². The lowest BCUT2D eigenvalue weighted by Crippen LogP contribution is -2.30. The van der Waals surface area contributed by atoms with Crippen molar-refractivity contribution >= 4 is 17.9 Å². The molecule has 0 saturated carbocycles. The molecule has 0 N–H and O–H groups in total. The van der Waals surface area contributed by atoms with Crippen molar-refractivity contribution in [3.63, 3.8) is 0 Å². The molecule has 79 heavy (non-hydrogen) atoms. The van der Waals surface area contributed by atoms with E-state index in [1.807, 2.05) is 0 Å². The normalized spacial score (nSPS) is 13.2. The van der Waals surface area contributed by atoms with Crippen molar-refractivity contribution in [2.24, 2.45) is 0 Å². The van der Waals surface area contributed by atoms with Gasteiger partial charge >= 0.3 is 17.9 Å². The van der Waals surface area contributed by atoms with E-state index in [1.54, 1.807) is 0 Å². The van der Waals surface area contributed by atoms with Crippen LogP contribution in [0.5, 0.6) is 0 Å². The second-order valence-electron chi connectivity index (χ2n) is 20.5. The molecule has 0 rings (SSSR count). The van der Waals surface area contributed by atoms with Crippen LogP contribution in [0.2, 0.25) is 0 Å². The minimum Gasteiger partial charge on any atom is -0.462 e. The fourth-order valence-electron chi connectivity index (χ4n) is 8.27. The Morgan fingerprint density at radius 1 is 0.266 bits per heavy atom. The summed E-state index contributed by atoms with van der Waals surface area (Å²) in [5.74, 6) is -0.956. The van der Waals surface area contributed by atoms with E-state index in [9.17, 15) is 14.4 Å². The van der Waals surface area contributed by atoms with Crippen molar-refractivity contribution in [3.8, 4) is 0 Å². The number of rotatable bonds is 56. The Labute approximate surface area is 486 Å². The van der Waals surface area contributed by atoms with Crippen LogP contribution in [0.3, 0.4) is 0 Å². The smallest absolute Gasteiger partial charge is 0.306 e. The lowest BCUT2D eigenvalue weighted by Gasteiger charge is -2.18. The molecule has 0 amide bonds. The van der Waals surface area contributed by atoms with E-state index in [0.29, 0.717) is 19.3 Å². The lowest BCUT2D eigenvalue weighted by atomic mass is 10.1. The van der Waals surface area contributed by atoms with Crippen LogP contribution in [0.4, 0.5) is 0 Å². The average Bonchev–Trinajstić information content (AvgIpc) is 3.45. The quantitative estimate of drug-likeness (QED) is 0.0261. The number of allylic oxidation sites excluding steroid dienone is 26. The van der Waals surface area contributed by atoms with Gasteiger partial charge in [-0.3, -0.25) is 14.4 Å². The van der Waals surface area contributed by atoms with Crippen LogP contribution in [-0.2, 0) is 28.6 Å². The first-order valence-electron chi connectivity index (χ1n) is 32.0. The van der Waals surface area contributed by atoms with Gasteiger partial charge < -0.3 is 14.2 Å². The van der Waals surface area contributed by atoms with E-state index >= 15 is 0 Å². The minimum atomic E-state index is -0.811. The van der Waals surface area contributed by atoms with Gasteiger partial charge in [-0.05, 0) is 148 Å². The fraction of sp³-hybridized carbons (Fsp3) is 0.603. The summed E-state index contributed by atoms with van der Waals surface area (Å²) < 4.78 is 16.9. The molecule has 0 heterocycles. The van der Waals surface area contributed by atoms with Gasteiger partial charge in [-0.2, -0.15) is 0 Å². The van der Waals surface area contributed by atoms with Gasteiger partial charge in [0, 0.05) is 19.3 Å². The standard InChI is InChI=1S/C73H116O6/c1-4-7-10-13-16-19-22-25-28-30-32-34-36-38-40-42-45-48-51-54-57-60-63-66-72(75)78-69-70(68-77-71(74)65-62-59-56-53-50-47-44-27-24-21-18-15-12-9-6-3)79-73(76)67-64-61-58-55-52-49-46-43-41-39-37-35-33-31-29-26-23-20-17-14-11-8-5-2/h7-8,10-11,16-21,25-29,32-35,38-41,44-45,48,70H,4-6,9,12-15,22-24,30-31,36-37,42-43,46-47,49-69H2,1-3H3/b10-7-,11-8-,19-16-,20-17-,21-18-,28-25-,29-26-,34-32-,35-33-,40-38-,41-39-,44-27-,48-45-. The summed E-state index contributed by atoms with van der Waals surface area (Å²) in [5.41, 5.74) is 0. The maximum atomic E-state index is 12.9. The highest BCUT2D eigenvalue weighted by atomic mass is 16.6. The second-order valence-corrected chi connectivity index (χ2v) is 20.5. The predicted octanol–water partition coefficient (Wildman–Crippen LogP) is 22.1. The number of carbonyl (C=O) groups is 3. The Morgan fingerprint density at radius 2 is 0.494 bits per heavy atom. The molecule has 0 bridgehead atoms. The number of ether oxygens (including phenoxy) is 3. The van der Waals surface area contributed by atoms with Gasteiger partial charge in [0.05, 0.1) is 0 Å².